The first kappa shape index (κ1) is 22.6. The fourth-order valence-electron chi connectivity index (χ4n) is 4.58. The van der Waals surface area contributed by atoms with E-state index in [9.17, 15) is 8.78 Å². The van der Waals surface area contributed by atoms with Crippen molar-refractivity contribution in [2.45, 2.75) is 57.7 Å². The largest absolute Gasteiger partial charge is 0.394 e. The van der Waals surface area contributed by atoms with Crippen LogP contribution >= 0.6 is 0 Å². The quantitative estimate of drug-likeness (QED) is 0.406. The van der Waals surface area contributed by atoms with Gasteiger partial charge in [0, 0.05) is 17.8 Å². The Balaban J connectivity index is 1.35. The molecule has 0 unspecified atom stereocenters. The summed E-state index contributed by atoms with van der Waals surface area (Å²) in [5, 5.41) is 16.9. The molecule has 2 N–H and O–H groups in total. The van der Waals surface area contributed by atoms with Crippen molar-refractivity contribution >= 4 is 22.6 Å². The van der Waals surface area contributed by atoms with Crippen LogP contribution in [0.1, 0.15) is 31.5 Å². The van der Waals surface area contributed by atoms with Crippen LogP contribution in [0.25, 0.3) is 27.9 Å². The number of pyridine rings is 1. The molecule has 9 nitrogen and oxygen atoms in total. The van der Waals surface area contributed by atoms with Crippen LogP contribution in [0.15, 0.2) is 30.6 Å². The molecule has 4 aromatic heterocycles. The molecule has 0 radical (unpaired) electrons. The Hall–Kier alpha value is -3.18. The monoisotopic (exact) mass is 471 g/mol. The smallest absolute Gasteiger partial charge is 0.256 e. The number of nitrogens with zero attached hydrogens (tertiary/aromatic N) is 6. The van der Waals surface area contributed by atoms with E-state index in [4.69, 9.17) is 9.84 Å². The lowest BCUT2D eigenvalue weighted by Gasteiger charge is -2.28. The van der Waals surface area contributed by atoms with Crippen LogP contribution in [0.5, 0.6) is 0 Å². The van der Waals surface area contributed by atoms with Gasteiger partial charge in [0.15, 0.2) is 5.65 Å². The maximum Gasteiger partial charge on any atom is 0.256 e. The fourth-order valence-corrected chi connectivity index (χ4v) is 4.58. The van der Waals surface area contributed by atoms with Gasteiger partial charge in [-0.05, 0) is 50.8 Å². The van der Waals surface area contributed by atoms with E-state index in [1.807, 2.05) is 18.3 Å². The first-order valence-electron chi connectivity index (χ1n) is 11.5. The third-order valence-electron chi connectivity index (χ3n) is 6.25. The van der Waals surface area contributed by atoms with Gasteiger partial charge in [0.1, 0.15) is 11.3 Å². The zero-order valence-corrected chi connectivity index (χ0v) is 18.9. The predicted molar refractivity (Wildman–Crippen MR) is 123 cm³/mol. The molecular weight excluding hydrogens is 444 g/mol. The molecule has 34 heavy (non-hydrogen) atoms. The van der Waals surface area contributed by atoms with Gasteiger partial charge in [-0.3, -0.25) is 0 Å². The van der Waals surface area contributed by atoms with Gasteiger partial charge in [-0.15, -0.1) is 5.10 Å². The number of alkyl halides is 2. The average Bonchev–Trinajstić information content (AvgIpc) is 3.38. The highest BCUT2D eigenvalue weighted by Gasteiger charge is 2.22. The molecule has 1 saturated carbocycles. The zero-order chi connectivity index (χ0) is 23.7. The van der Waals surface area contributed by atoms with Crippen LogP contribution in [0.4, 0.5) is 14.7 Å². The highest BCUT2D eigenvalue weighted by molar-refractivity contribution is 5.82. The molecule has 1 fully saturated rings. The maximum atomic E-state index is 13.0. The van der Waals surface area contributed by atoms with Crippen molar-refractivity contribution in [3.8, 4) is 11.3 Å². The third-order valence-corrected chi connectivity index (χ3v) is 6.25. The molecule has 0 spiro atoms. The lowest BCUT2D eigenvalue weighted by Crippen LogP contribution is -2.31. The van der Waals surface area contributed by atoms with E-state index in [1.165, 1.54) is 4.57 Å². The maximum absolute atomic E-state index is 13.0. The number of imidazole rings is 1. The Bertz CT molecular complexity index is 1280. The van der Waals surface area contributed by atoms with E-state index in [-0.39, 0.29) is 18.8 Å². The topological polar surface area (TPSA) is 102 Å². The summed E-state index contributed by atoms with van der Waals surface area (Å²) < 4.78 is 34.9. The Kier molecular flexibility index (Phi) is 6.38. The number of halogens is 2. The number of aliphatic hydroxyl groups is 1. The van der Waals surface area contributed by atoms with Crippen molar-refractivity contribution < 1.29 is 18.6 Å². The van der Waals surface area contributed by atoms with E-state index in [2.05, 4.69) is 25.4 Å². The third kappa shape index (κ3) is 4.58. The van der Waals surface area contributed by atoms with Gasteiger partial charge in [-0.1, -0.05) is 0 Å². The number of fused-ring (bicyclic) bond motifs is 2. The summed E-state index contributed by atoms with van der Waals surface area (Å²) in [6.45, 7) is 1.69. The second-order valence-corrected chi connectivity index (χ2v) is 8.55. The molecule has 0 saturated heterocycles. The standard InChI is InChI=1S/C23H27F2N7O2/c1-14-27-19-7-6-18(29-22(19)31(14)13-21(24)25)17-8-9-32-20(17)12-26-23(30-32)28-15-2-4-16(5-3-15)34-11-10-33/h6-9,12,15-16,21,33H,2-5,10-11,13H2,1H3,(H,28,30)/t15-,16+. The fraction of sp³-hybridized carbons (Fsp3) is 0.478. The van der Waals surface area contributed by atoms with Crippen LogP contribution in [-0.2, 0) is 11.3 Å². The molecule has 0 amide bonds. The molecule has 5 rings (SSSR count). The number of aryl methyl sites for hydroxylation is 1. The van der Waals surface area contributed by atoms with Crippen molar-refractivity contribution in [2.75, 3.05) is 18.5 Å². The van der Waals surface area contributed by atoms with Crippen molar-refractivity contribution in [2.24, 2.45) is 0 Å². The van der Waals surface area contributed by atoms with Gasteiger partial charge >= 0.3 is 0 Å². The normalized spacial score (nSPS) is 18.9. The number of hydrogen-bond donors (Lipinski definition) is 2. The number of aliphatic hydroxyl groups excluding tert-OH is 1. The van der Waals surface area contributed by atoms with Gasteiger partial charge in [0.05, 0.1) is 43.3 Å². The van der Waals surface area contributed by atoms with Crippen LogP contribution in [0, 0.1) is 6.92 Å². The van der Waals surface area contributed by atoms with Crippen LogP contribution < -0.4 is 5.32 Å². The van der Waals surface area contributed by atoms with Crippen molar-refractivity contribution in [1.82, 2.24) is 29.1 Å². The van der Waals surface area contributed by atoms with Crippen molar-refractivity contribution in [3.63, 3.8) is 0 Å². The average molecular weight is 472 g/mol. The molecule has 0 atom stereocenters. The van der Waals surface area contributed by atoms with Gasteiger partial charge in [0.2, 0.25) is 5.95 Å². The van der Waals surface area contributed by atoms with Gasteiger partial charge < -0.3 is 19.7 Å². The summed E-state index contributed by atoms with van der Waals surface area (Å²) in [7, 11) is 0. The van der Waals surface area contributed by atoms with Crippen molar-refractivity contribution in [3.05, 3.63) is 36.4 Å². The highest BCUT2D eigenvalue weighted by Crippen LogP contribution is 2.27. The van der Waals surface area contributed by atoms with E-state index < -0.39 is 13.0 Å². The Morgan fingerprint density at radius 2 is 2.00 bits per heavy atom. The van der Waals surface area contributed by atoms with Crippen LogP contribution in [0.3, 0.4) is 0 Å². The van der Waals surface area contributed by atoms with Crippen LogP contribution in [0.2, 0.25) is 0 Å². The summed E-state index contributed by atoms with van der Waals surface area (Å²) in [4.78, 5) is 13.5. The SMILES string of the molecule is Cc1nc2ccc(-c3ccn4nc(N[C@H]5CC[C@@H](OCCO)CC5)ncc34)nc2n1CC(F)F. The molecular formula is C23H27F2N7O2. The molecule has 1 aliphatic rings. The molecule has 0 aliphatic heterocycles. The van der Waals surface area contributed by atoms with Crippen LogP contribution in [-0.4, -0.2) is 66.0 Å². The molecule has 4 aromatic rings. The van der Waals surface area contributed by atoms with Gasteiger partial charge in [0.25, 0.3) is 6.43 Å². The molecule has 11 heteroatoms. The molecule has 0 bridgehead atoms. The van der Waals surface area contributed by atoms with E-state index >= 15 is 0 Å². The second-order valence-electron chi connectivity index (χ2n) is 8.55. The summed E-state index contributed by atoms with van der Waals surface area (Å²) in [6, 6.07) is 5.80. The summed E-state index contributed by atoms with van der Waals surface area (Å²) in [5.74, 6) is 1.05. The van der Waals surface area contributed by atoms with E-state index in [1.54, 1.807) is 23.7 Å². The summed E-state index contributed by atoms with van der Waals surface area (Å²) in [5.41, 5.74) is 3.26. The number of rotatable bonds is 8. The Labute approximate surface area is 194 Å². The number of nitrogens with one attached hydrogen (secondary N) is 1. The minimum Gasteiger partial charge on any atom is -0.394 e. The molecule has 0 aromatic carbocycles. The zero-order valence-electron chi connectivity index (χ0n) is 18.9. The Morgan fingerprint density at radius 3 is 2.76 bits per heavy atom. The number of hydrogen-bond acceptors (Lipinski definition) is 7. The van der Waals surface area contributed by atoms with Crippen molar-refractivity contribution in [1.29, 1.82) is 0 Å². The molecule has 4 heterocycles. The first-order valence-corrected chi connectivity index (χ1v) is 11.5. The Morgan fingerprint density at radius 1 is 1.18 bits per heavy atom. The lowest BCUT2D eigenvalue weighted by molar-refractivity contribution is 0.00719. The first-order chi connectivity index (χ1) is 16.5. The minimum atomic E-state index is -2.49. The summed E-state index contributed by atoms with van der Waals surface area (Å²) >= 11 is 0. The van der Waals surface area contributed by atoms with E-state index in [0.717, 1.165) is 36.8 Å². The number of anilines is 1. The highest BCUT2D eigenvalue weighted by atomic mass is 19.3. The predicted octanol–water partition coefficient (Wildman–Crippen LogP) is 3.45. The second kappa shape index (κ2) is 9.59. The molecule has 180 valence electrons. The number of aromatic nitrogens is 6. The van der Waals surface area contributed by atoms with Gasteiger partial charge in [-0.25, -0.2) is 28.2 Å². The minimum absolute atomic E-state index is 0.0489. The van der Waals surface area contributed by atoms with Gasteiger partial charge in [-0.2, -0.15) is 0 Å². The lowest BCUT2D eigenvalue weighted by atomic mass is 9.93. The van der Waals surface area contributed by atoms with E-state index in [0.29, 0.717) is 35.2 Å². The summed E-state index contributed by atoms with van der Waals surface area (Å²) in [6.07, 6.45) is 5.06. The number of ether oxygens (including phenoxy) is 1. The molecule has 1 aliphatic carbocycles.